The van der Waals surface area contributed by atoms with Gasteiger partial charge in [-0.3, -0.25) is 14.4 Å². The van der Waals surface area contributed by atoms with Crippen molar-refractivity contribution in [2.45, 2.75) is 37.6 Å². The lowest BCUT2D eigenvalue weighted by molar-refractivity contribution is 0.0980. The number of piperidine rings is 1. The van der Waals surface area contributed by atoms with Crippen molar-refractivity contribution in [3.63, 3.8) is 0 Å². The van der Waals surface area contributed by atoms with Crippen LogP contribution in [0.25, 0.3) is 0 Å². The Bertz CT molecular complexity index is 1250. The first-order valence-electron chi connectivity index (χ1n) is 13.0. The summed E-state index contributed by atoms with van der Waals surface area (Å²) in [5.74, 6) is 0.315. The Balaban J connectivity index is 1.27. The number of rotatable bonds is 9. The fraction of sp³-hybridized carbons (Fsp3) is 0.367. The van der Waals surface area contributed by atoms with Gasteiger partial charge in [-0.2, -0.15) is 0 Å². The molecule has 0 radical (unpaired) electrons. The molecule has 1 N–H and O–H groups in total. The molecular weight excluding hydrogens is 542 g/mol. The van der Waals surface area contributed by atoms with Gasteiger partial charge in [-0.25, -0.2) is 4.39 Å². The second-order valence-electron chi connectivity index (χ2n) is 10.1. The molecule has 0 unspecified atom stereocenters. The third kappa shape index (κ3) is 6.48. The van der Waals surface area contributed by atoms with Gasteiger partial charge < -0.3 is 4.74 Å². The number of nitrogens with zero attached hydrogens (tertiary/aromatic N) is 1. The Morgan fingerprint density at radius 1 is 1.03 bits per heavy atom. The first-order chi connectivity index (χ1) is 18.4. The SMILES string of the molecule is CSNC(=O)c1cc(C2CC2)c(OCC2CCN(C(c3cccc(Cl)c3)c3cccc(Cl)c3)CC2)cc1F. The van der Waals surface area contributed by atoms with E-state index in [1.54, 1.807) is 12.3 Å². The van der Waals surface area contributed by atoms with Crippen LogP contribution in [0.2, 0.25) is 10.0 Å². The van der Waals surface area contributed by atoms with Gasteiger partial charge in [0.05, 0.1) is 18.2 Å². The van der Waals surface area contributed by atoms with Gasteiger partial charge in [0.1, 0.15) is 11.6 Å². The van der Waals surface area contributed by atoms with Gasteiger partial charge in [0.15, 0.2) is 0 Å². The molecule has 1 aliphatic carbocycles. The van der Waals surface area contributed by atoms with Gasteiger partial charge in [-0.1, -0.05) is 59.4 Å². The Morgan fingerprint density at radius 2 is 1.66 bits per heavy atom. The van der Waals surface area contributed by atoms with Gasteiger partial charge in [0, 0.05) is 22.4 Å². The molecule has 38 heavy (non-hydrogen) atoms. The van der Waals surface area contributed by atoms with Crippen molar-refractivity contribution in [2.24, 2.45) is 5.92 Å². The second-order valence-corrected chi connectivity index (χ2v) is 11.6. The number of halogens is 3. The number of likely N-dealkylation sites (tertiary alicyclic amines) is 1. The summed E-state index contributed by atoms with van der Waals surface area (Å²) in [4.78, 5) is 14.7. The van der Waals surface area contributed by atoms with Crippen LogP contribution in [0.15, 0.2) is 60.7 Å². The molecule has 3 aromatic rings. The zero-order valence-electron chi connectivity index (χ0n) is 21.3. The quantitative estimate of drug-likeness (QED) is 0.264. The van der Waals surface area contributed by atoms with Crippen LogP contribution in [0.1, 0.15) is 64.7 Å². The summed E-state index contributed by atoms with van der Waals surface area (Å²) in [6.07, 6.45) is 5.75. The Kier molecular flexibility index (Phi) is 8.84. The highest BCUT2D eigenvalue weighted by Crippen LogP contribution is 2.45. The van der Waals surface area contributed by atoms with Gasteiger partial charge in [0.25, 0.3) is 5.91 Å². The minimum Gasteiger partial charge on any atom is -0.493 e. The van der Waals surface area contributed by atoms with E-state index < -0.39 is 11.7 Å². The monoisotopic (exact) mass is 572 g/mol. The Labute approximate surface area is 238 Å². The normalized spacial score (nSPS) is 16.6. The van der Waals surface area contributed by atoms with E-state index in [-0.39, 0.29) is 11.6 Å². The van der Waals surface area contributed by atoms with Crippen molar-refractivity contribution < 1.29 is 13.9 Å². The summed E-state index contributed by atoms with van der Waals surface area (Å²) < 4.78 is 23.6. The lowest BCUT2D eigenvalue weighted by atomic mass is 9.91. The number of ether oxygens (including phenoxy) is 1. The van der Waals surface area contributed by atoms with Crippen LogP contribution < -0.4 is 9.46 Å². The van der Waals surface area contributed by atoms with E-state index in [4.69, 9.17) is 27.9 Å². The third-order valence-corrected chi connectivity index (χ3v) is 8.23. The molecule has 200 valence electrons. The van der Waals surface area contributed by atoms with Crippen molar-refractivity contribution >= 4 is 41.1 Å². The maximum absolute atomic E-state index is 14.8. The number of carbonyl (C=O) groups excluding carboxylic acids is 1. The highest BCUT2D eigenvalue weighted by atomic mass is 35.5. The molecule has 8 heteroatoms. The van der Waals surface area contributed by atoms with Crippen molar-refractivity contribution in [1.82, 2.24) is 9.62 Å². The Hall–Kier alpha value is -2.25. The molecule has 2 fully saturated rings. The minimum absolute atomic E-state index is 0.0600. The average Bonchev–Trinajstić information content (AvgIpc) is 3.74. The predicted octanol–water partition coefficient (Wildman–Crippen LogP) is 7.90. The van der Waals surface area contributed by atoms with Crippen LogP contribution in [0, 0.1) is 11.7 Å². The van der Waals surface area contributed by atoms with Crippen molar-refractivity contribution in [3.05, 3.63) is 98.8 Å². The van der Waals surface area contributed by atoms with Crippen molar-refractivity contribution in [1.29, 1.82) is 0 Å². The molecule has 0 atom stereocenters. The first kappa shape index (κ1) is 27.3. The smallest absolute Gasteiger partial charge is 0.264 e. The summed E-state index contributed by atoms with van der Waals surface area (Å²) in [5, 5.41) is 1.43. The van der Waals surface area contributed by atoms with E-state index in [1.807, 2.05) is 36.4 Å². The number of amides is 1. The fourth-order valence-corrected chi connectivity index (χ4v) is 5.98. The maximum Gasteiger partial charge on any atom is 0.264 e. The molecule has 3 aromatic carbocycles. The average molecular weight is 574 g/mol. The standard InChI is InChI=1S/C30H31Cl2FN2O2S/c1-38-34-30(36)26-16-25(20-8-9-20)28(17-27(26)33)37-18-19-10-12-35(13-11-19)29(21-4-2-6-23(31)14-21)22-5-3-7-24(32)15-22/h2-7,14-17,19-20,29H,8-13,18H2,1H3,(H,34,36). The molecule has 0 spiro atoms. The van der Waals surface area contributed by atoms with Crippen LogP contribution >= 0.6 is 35.1 Å². The number of nitrogens with one attached hydrogen (secondary N) is 1. The van der Waals surface area contributed by atoms with E-state index in [9.17, 15) is 9.18 Å². The molecule has 1 amide bonds. The Morgan fingerprint density at radius 3 is 2.21 bits per heavy atom. The van der Waals surface area contributed by atoms with Crippen LogP contribution in [0.5, 0.6) is 5.75 Å². The molecule has 2 aliphatic rings. The molecule has 0 bridgehead atoms. The molecule has 1 saturated carbocycles. The molecule has 1 heterocycles. The number of hydrogen-bond donors (Lipinski definition) is 1. The number of carbonyl (C=O) groups is 1. The summed E-state index contributed by atoms with van der Waals surface area (Å²) in [6, 6.07) is 19.2. The molecule has 0 aromatic heterocycles. The van der Waals surface area contributed by atoms with E-state index in [1.165, 1.54) is 6.07 Å². The van der Waals surface area contributed by atoms with E-state index in [0.29, 0.717) is 34.2 Å². The van der Waals surface area contributed by atoms with E-state index >= 15 is 0 Å². The molecule has 1 saturated heterocycles. The summed E-state index contributed by atoms with van der Waals surface area (Å²) in [5.41, 5.74) is 3.31. The zero-order valence-corrected chi connectivity index (χ0v) is 23.6. The fourth-order valence-electron chi connectivity index (χ4n) is 5.28. The van der Waals surface area contributed by atoms with Gasteiger partial charge in [0.2, 0.25) is 0 Å². The van der Waals surface area contributed by atoms with E-state index in [0.717, 1.165) is 67.4 Å². The van der Waals surface area contributed by atoms with Crippen LogP contribution in [-0.4, -0.2) is 36.8 Å². The highest BCUT2D eigenvalue weighted by Gasteiger charge is 2.31. The maximum atomic E-state index is 14.8. The minimum atomic E-state index is -0.545. The van der Waals surface area contributed by atoms with Gasteiger partial charge in [-0.05, 0) is 97.6 Å². The first-order valence-corrected chi connectivity index (χ1v) is 15.0. The summed E-state index contributed by atoms with van der Waals surface area (Å²) >= 11 is 13.9. The van der Waals surface area contributed by atoms with Crippen LogP contribution in [-0.2, 0) is 0 Å². The van der Waals surface area contributed by atoms with Crippen molar-refractivity contribution in [3.8, 4) is 5.75 Å². The van der Waals surface area contributed by atoms with Crippen LogP contribution in [0.3, 0.4) is 0 Å². The summed E-state index contributed by atoms with van der Waals surface area (Å²) in [6.45, 7) is 2.33. The predicted molar refractivity (Wildman–Crippen MR) is 154 cm³/mol. The largest absolute Gasteiger partial charge is 0.493 e. The van der Waals surface area contributed by atoms with E-state index in [2.05, 4.69) is 21.8 Å². The van der Waals surface area contributed by atoms with Crippen molar-refractivity contribution in [2.75, 3.05) is 26.0 Å². The molecule has 5 rings (SSSR count). The lowest BCUT2D eigenvalue weighted by Gasteiger charge is -2.38. The number of benzene rings is 3. The third-order valence-electron chi connectivity index (χ3n) is 7.37. The van der Waals surface area contributed by atoms with Gasteiger partial charge in [-0.15, -0.1) is 0 Å². The lowest BCUT2D eigenvalue weighted by Crippen LogP contribution is -2.38. The summed E-state index contributed by atoms with van der Waals surface area (Å²) in [7, 11) is 0. The highest BCUT2D eigenvalue weighted by molar-refractivity contribution is 7.97. The molecule has 1 aliphatic heterocycles. The molecule has 4 nitrogen and oxygen atoms in total. The molecular formula is C30H31Cl2FN2O2S. The zero-order chi connectivity index (χ0) is 26.6. The van der Waals surface area contributed by atoms with Crippen LogP contribution in [0.4, 0.5) is 4.39 Å². The number of hydrogen-bond acceptors (Lipinski definition) is 4. The van der Waals surface area contributed by atoms with Gasteiger partial charge >= 0.3 is 0 Å². The second kappa shape index (κ2) is 12.3. The topological polar surface area (TPSA) is 41.6 Å².